The zero-order valence-corrected chi connectivity index (χ0v) is 11.9. The van der Waals surface area contributed by atoms with Crippen molar-refractivity contribution in [3.05, 3.63) is 54.5 Å². The first-order valence-corrected chi connectivity index (χ1v) is 7.01. The Balaban J connectivity index is 1.84. The van der Waals surface area contributed by atoms with Gasteiger partial charge in [-0.1, -0.05) is 6.58 Å². The number of carbonyl (C=O) groups excluding carboxylic acids is 1. The van der Waals surface area contributed by atoms with Crippen molar-refractivity contribution in [2.24, 2.45) is 0 Å². The maximum Gasteiger partial charge on any atom is 0.243 e. The van der Waals surface area contributed by atoms with Crippen LogP contribution in [0.25, 0.3) is 11.3 Å². The normalized spacial score (nSPS) is 16.9. The van der Waals surface area contributed by atoms with Gasteiger partial charge in [0.05, 0.1) is 5.69 Å². The van der Waals surface area contributed by atoms with Gasteiger partial charge in [0.1, 0.15) is 17.5 Å². The average molecular weight is 303 g/mol. The van der Waals surface area contributed by atoms with Crippen molar-refractivity contribution in [3.63, 3.8) is 0 Å². The second-order valence-corrected chi connectivity index (χ2v) is 5.27. The van der Waals surface area contributed by atoms with Crippen molar-refractivity contribution < 1.29 is 13.6 Å². The molecule has 6 heteroatoms. The molecule has 1 aliphatic rings. The number of fused-ring (bicyclic) bond motifs is 1. The summed E-state index contributed by atoms with van der Waals surface area (Å²) in [5, 5.41) is 2.85. The molecule has 1 atom stereocenters. The molecule has 1 aromatic heterocycles. The lowest BCUT2D eigenvalue weighted by Crippen LogP contribution is -2.40. The molecule has 0 bridgehead atoms. The minimum absolute atomic E-state index is 0.00175. The molecule has 4 nitrogen and oxygen atoms in total. The Morgan fingerprint density at radius 2 is 2.27 bits per heavy atom. The van der Waals surface area contributed by atoms with Crippen molar-refractivity contribution >= 4 is 5.91 Å². The zero-order valence-electron chi connectivity index (χ0n) is 11.9. The Kier molecular flexibility index (Phi) is 3.75. The molecule has 0 spiro atoms. The number of imidazole rings is 1. The monoisotopic (exact) mass is 303 g/mol. The summed E-state index contributed by atoms with van der Waals surface area (Å²) < 4.78 is 28.7. The zero-order chi connectivity index (χ0) is 15.7. The molecule has 0 fully saturated rings. The minimum atomic E-state index is -0.632. The number of aromatic nitrogens is 2. The van der Waals surface area contributed by atoms with E-state index in [4.69, 9.17) is 0 Å². The molecule has 0 aliphatic carbocycles. The van der Waals surface area contributed by atoms with E-state index in [-0.39, 0.29) is 17.5 Å². The lowest BCUT2D eigenvalue weighted by atomic mass is 10.1. The van der Waals surface area contributed by atoms with E-state index >= 15 is 0 Å². The van der Waals surface area contributed by atoms with Gasteiger partial charge in [0, 0.05) is 36.8 Å². The molecule has 22 heavy (non-hydrogen) atoms. The Morgan fingerprint density at radius 3 is 3.00 bits per heavy atom. The van der Waals surface area contributed by atoms with Crippen LogP contribution in [0.15, 0.2) is 37.1 Å². The number of carbonyl (C=O) groups is 1. The maximum atomic E-state index is 13.8. The highest BCUT2D eigenvalue weighted by Gasteiger charge is 2.22. The van der Waals surface area contributed by atoms with E-state index in [1.165, 1.54) is 18.2 Å². The highest BCUT2D eigenvalue weighted by Crippen LogP contribution is 2.25. The molecule has 1 aromatic carbocycles. The number of aryl methyl sites for hydroxylation is 1. The van der Waals surface area contributed by atoms with Gasteiger partial charge in [-0.15, -0.1) is 0 Å². The molecule has 2 heterocycles. The van der Waals surface area contributed by atoms with E-state index in [9.17, 15) is 13.6 Å². The lowest BCUT2D eigenvalue weighted by molar-refractivity contribution is -0.117. The second-order valence-electron chi connectivity index (χ2n) is 5.27. The number of halogens is 2. The summed E-state index contributed by atoms with van der Waals surface area (Å²) in [6, 6.07) is 3.44. The summed E-state index contributed by atoms with van der Waals surface area (Å²) in [4.78, 5) is 15.8. The highest BCUT2D eigenvalue weighted by molar-refractivity contribution is 5.87. The van der Waals surface area contributed by atoms with Gasteiger partial charge >= 0.3 is 0 Å². The molecule has 1 unspecified atom stereocenters. The van der Waals surface area contributed by atoms with E-state index < -0.39 is 11.6 Å². The molecule has 0 saturated carbocycles. The van der Waals surface area contributed by atoms with Gasteiger partial charge in [-0.05, 0) is 24.6 Å². The first-order chi connectivity index (χ1) is 10.6. The van der Waals surface area contributed by atoms with Crippen LogP contribution in [-0.2, 0) is 17.8 Å². The molecule has 2 aromatic rings. The van der Waals surface area contributed by atoms with E-state index in [0.717, 1.165) is 18.3 Å². The van der Waals surface area contributed by atoms with Gasteiger partial charge < -0.3 is 9.88 Å². The third-order valence-corrected chi connectivity index (χ3v) is 3.73. The maximum absolute atomic E-state index is 13.8. The predicted octanol–water partition coefficient (Wildman–Crippen LogP) is 2.45. The largest absolute Gasteiger partial charge is 0.348 e. The van der Waals surface area contributed by atoms with Crippen LogP contribution in [-0.4, -0.2) is 21.5 Å². The van der Waals surface area contributed by atoms with Crippen molar-refractivity contribution in [2.45, 2.75) is 25.4 Å². The summed E-state index contributed by atoms with van der Waals surface area (Å²) in [6.07, 6.45) is 4.42. The number of benzene rings is 1. The van der Waals surface area contributed by atoms with Gasteiger partial charge in [0.2, 0.25) is 5.91 Å². The number of nitrogens with zero attached hydrogens (tertiary/aromatic N) is 2. The van der Waals surface area contributed by atoms with E-state index in [2.05, 4.69) is 16.9 Å². The van der Waals surface area contributed by atoms with Gasteiger partial charge in [-0.25, -0.2) is 13.8 Å². The molecule has 1 aliphatic heterocycles. The second kappa shape index (κ2) is 5.71. The third-order valence-electron chi connectivity index (χ3n) is 3.73. The van der Waals surface area contributed by atoms with E-state index in [1.54, 1.807) is 6.20 Å². The van der Waals surface area contributed by atoms with Crippen LogP contribution in [0.3, 0.4) is 0 Å². The molecular formula is C16H15F2N3O. The summed E-state index contributed by atoms with van der Waals surface area (Å²) in [7, 11) is 0. The number of amides is 1. The SMILES string of the molecule is C=CC(=O)NC1CCc2nc(-c3ccc(F)cc3F)cn2C1. The molecule has 1 N–H and O–H groups in total. The smallest absolute Gasteiger partial charge is 0.243 e. The third kappa shape index (κ3) is 2.77. The van der Waals surface area contributed by atoms with Gasteiger partial charge in [-0.2, -0.15) is 0 Å². The van der Waals surface area contributed by atoms with E-state index in [0.29, 0.717) is 18.7 Å². The van der Waals surface area contributed by atoms with E-state index in [1.807, 2.05) is 4.57 Å². The van der Waals surface area contributed by atoms with Crippen LogP contribution in [0.5, 0.6) is 0 Å². The van der Waals surface area contributed by atoms with Crippen LogP contribution in [0.2, 0.25) is 0 Å². The highest BCUT2D eigenvalue weighted by atomic mass is 19.1. The lowest BCUT2D eigenvalue weighted by Gasteiger charge is -2.24. The van der Waals surface area contributed by atoms with Crippen LogP contribution < -0.4 is 5.32 Å². The Bertz CT molecular complexity index is 739. The standard InChI is InChI=1S/C16H15F2N3O/c1-2-16(22)19-11-4-6-15-20-14(9-21(15)8-11)12-5-3-10(17)7-13(12)18/h2-3,5,7,9,11H,1,4,6,8H2,(H,19,22). The number of rotatable bonds is 3. The number of nitrogens with one attached hydrogen (secondary N) is 1. The molecular weight excluding hydrogens is 288 g/mol. The van der Waals surface area contributed by atoms with Crippen molar-refractivity contribution in [1.82, 2.24) is 14.9 Å². The fraction of sp³-hybridized carbons (Fsp3) is 0.250. The number of hydrogen-bond donors (Lipinski definition) is 1. The summed E-state index contributed by atoms with van der Waals surface area (Å²) >= 11 is 0. The first-order valence-electron chi connectivity index (χ1n) is 7.01. The summed E-state index contributed by atoms with van der Waals surface area (Å²) in [5.74, 6) is -0.620. The fourth-order valence-electron chi connectivity index (χ4n) is 2.65. The predicted molar refractivity (Wildman–Crippen MR) is 78.0 cm³/mol. The van der Waals surface area contributed by atoms with Gasteiger partial charge in [0.25, 0.3) is 0 Å². The van der Waals surface area contributed by atoms with Crippen LogP contribution in [0.4, 0.5) is 8.78 Å². The Labute approximate surface area is 126 Å². The molecule has 114 valence electrons. The van der Waals surface area contributed by atoms with Gasteiger partial charge in [0.15, 0.2) is 0 Å². The van der Waals surface area contributed by atoms with Crippen molar-refractivity contribution in [2.75, 3.05) is 0 Å². The quantitative estimate of drug-likeness (QED) is 0.885. The Hall–Kier alpha value is -2.50. The molecule has 0 radical (unpaired) electrons. The van der Waals surface area contributed by atoms with Gasteiger partial charge in [-0.3, -0.25) is 4.79 Å². The van der Waals surface area contributed by atoms with Crippen LogP contribution in [0, 0.1) is 11.6 Å². The van der Waals surface area contributed by atoms with Crippen molar-refractivity contribution in [1.29, 1.82) is 0 Å². The molecule has 3 rings (SSSR count). The number of hydrogen-bond acceptors (Lipinski definition) is 2. The summed E-state index contributed by atoms with van der Waals surface area (Å²) in [5.41, 5.74) is 0.748. The first kappa shape index (κ1) is 14.4. The van der Waals surface area contributed by atoms with Crippen molar-refractivity contribution in [3.8, 4) is 11.3 Å². The Morgan fingerprint density at radius 1 is 1.45 bits per heavy atom. The minimum Gasteiger partial charge on any atom is -0.348 e. The summed E-state index contributed by atoms with van der Waals surface area (Å²) in [6.45, 7) is 4.00. The topological polar surface area (TPSA) is 46.9 Å². The van der Waals surface area contributed by atoms with Crippen LogP contribution in [0.1, 0.15) is 12.2 Å². The van der Waals surface area contributed by atoms with Crippen LogP contribution >= 0.6 is 0 Å². The average Bonchev–Trinajstić information content (AvgIpc) is 2.89. The molecule has 0 saturated heterocycles. The molecule has 1 amide bonds. The fourth-order valence-corrected chi connectivity index (χ4v) is 2.65.